The van der Waals surface area contributed by atoms with E-state index in [9.17, 15) is 0 Å². The monoisotopic (exact) mass is 532 g/mol. The Hall–Kier alpha value is -1.41. The highest BCUT2D eigenvalue weighted by Gasteiger charge is 2.51. The van der Waals surface area contributed by atoms with Gasteiger partial charge in [0.15, 0.2) is 0 Å². The maximum Gasteiger partial charge on any atom is 0.261 e. The predicted octanol–water partition coefficient (Wildman–Crippen LogP) is 5.49. The number of alkyl halides is 1. The van der Waals surface area contributed by atoms with Crippen molar-refractivity contribution in [2.24, 2.45) is 0 Å². The van der Waals surface area contributed by atoms with Crippen LogP contribution in [0.25, 0.3) is 0 Å². The number of hydrogen-bond acceptors (Lipinski definition) is 3. The van der Waals surface area contributed by atoms with E-state index in [2.05, 4.69) is 104 Å². The fourth-order valence-electron chi connectivity index (χ4n) is 4.53. The summed E-state index contributed by atoms with van der Waals surface area (Å²) in [7, 11) is -2.53. The molecule has 4 rings (SSSR count). The lowest BCUT2D eigenvalue weighted by molar-refractivity contribution is 0.0160. The van der Waals surface area contributed by atoms with Crippen LogP contribution in [0.3, 0.4) is 0 Å². The molecule has 3 atom stereocenters. The van der Waals surface area contributed by atoms with Gasteiger partial charge in [-0.05, 0) is 27.9 Å². The second-order valence-electron chi connectivity index (χ2n) is 8.96. The van der Waals surface area contributed by atoms with Crippen LogP contribution in [-0.4, -0.2) is 25.0 Å². The summed E-state index contributed by atoms with van der Waals surface area (Å²) in [6, 6.07) is 23.6. The lowest BCUT2D eigenvalue weighted by atomic mass is 10.1. The Kier molecular flexibility index (Phi) is 6.53. The van der Waals surface area contributed by atoms with Crippen molar-refractivity contribution in [3.8, 4) is 0 Å². The maximum atomic E-state index is 7.05. The molecule has 158 valence electrons. The highest BCUT2D eigenvalue weighted by atomic mass is 127. The Morgan fingerprint density at radius 3 is 2.07 bits per heavy atom. The van der Waals surface area contributed by atoms with E-state index in [1.54, 1.807) is 12.5 Å². The number of hydrogen-bond donors (Lipinski definition) is 0. The molecule has 2 aromatic carbocycles. The molecular formula is C25H29IO3Si. The van der Waals surface area contributed by atoms with Crippen molar-refractivity contribution in [3.05, 3.63) is 84.8 Å². The van der Waals surface area contributed by atoms with Crippen LogP contribution in [0.2, 0.25) is 5.04 Å². The third-order valence-corrected chi connectivity index (χ3v) is 12.1. The van der Waals surface area contributed by atoms with E-state index in [0.717, 1.165) is 12.0 Å². The molecular weight excluding hydrogens is 503 g/mol. The minimum Gasteiger partial charge on any atom is -0.472 e. The van der Waals surface area contributed by atoms with Crippen LogP contribution in [0, 0.1) is 0 Å². The molecule has 1 aromatic heterocycles. The number of halogens is 1. The van der Waals surface area contributed by atoms with Crippen LogP contribution in [0.5, 0.6) is 0 Å². The Morgan fingerprint density at radius 1 is 0.967 bits per heavy atom. The second-order valence-corrected chi connectivity index (χ2v) is 14.9. The lowest BCUT2D eigenvalue weighted by Crippen LogP contribution is -2.67. The summed E-state index contributed by atoms with van der Waals surface area (Å²) in [4.78, 5) is 0. The number of benzene rings is 2. The summed E-state index contributed by atoms with van der Waals surface area (Å²) < 4.78 is 19.2. The fraction of sp³-hybridized carbons (Fsp3) is 0.360. The molecule has 0 saturated carbocycles. The van der Waals surface area contributed by atoms with Gasteiger partial charge in [0.2, 0.25) is 0 Å². The first-order valence-electron chi connectivity index (χ1n) is 10.5. The minimum absolute atomic E-state index is 0.0258. The van der Waals surface area contributed by atoms with Gasteiger partial charge < -0.3 is 13.6 Å². The number of ether oxygens (including phenoxy) is 1. The molecule has 1 aliphatic heterocycles. The van der Waals surface area contributed by atoms with E-state index in [1.807, 2.05) is 6.07 Å². The second kappa shape index (κ2) is 8.98. The summed E-state index contributed by atoms with van der Waals surface area (Å²) in [6.45, 7) is 7.53. The Bertz CT molecular complexity index is 883. The van der Waals surface area contributed by atoms with Crippen LogP contribution >= 0.6 is 22.6 Å². The van der Waals surface area contributed by atoms with Gasteiger partial charge in [0.05, 0.1) is 31.3 Å². The van der Waals surface area contributed by atoms with E-state index in [4.69, 9.17) is 13.6 Å². The number of furan rings is 1. The zero-order valence-electron chi connectivity index (χ0n) is 17.8. The quantitative estimate of drug-likeness (QED) is 0.239. The topological polar surface area (TPSA) is 31.6 Å². The van der Waals surface area contributed by atoms with E-state index in [-0.39, 0.29) is 17.2 Å². The van der Waals surface area contributed by atoms with Gasteiger partial charge in [-0.15, -0.1) is 0 Å². The van der Waals surface area contributed by atoms with Crippen molar-refractivity contribution in [1.82, 2.24) is 0 Å². The third kappa shape index (κ3) is 4.17. The molecule has 5 heteroatoms. The van der Waals surface area contributed by atoms with Crippen molar-refractivity contribution in [2.45, 2.75) is 48.4 Å². The predicted molar refractivity (Wildman–Crippen MR) is 132 cm³/mol. The van der Waals surface area contributed by atoms with Crippen LogP contribution in [-0.2, 0) is 9.16 Å². The van der Waals surface area contributed by atoms with Gasteiger partial charge in [-0.1, -0.05) is 104 Å². The van der Waals surface area contributed by atoms with Gasteiger partial charge in [-0.2, -0.15) is 0 Å². The van der Waals surface area contributed by atoms with E-state index in [0.29, 0.717) is 10.5 Å². The van der Waals surface area contributed by atoms with Gasteiger partial charge in [0.25, 0.3) is 8.32 Å². The molecule has 2 heterocycles. The first-order chi connectivity index (χ1) is 14.4. The SMILES string of the molecule is CC(C)(C)[Si](OC[C@H]1C[C@H](I)[C@@H](c2ccoc2)O1)(c1ccccc1)c1ccccc1. The smallest absolute Gasteiger partial charge is 0.261 e. The van der Waals surface area contributed by atoms with E-state index in [1.165, 1.54) is 10.4 Å². The zero-order chi connectivity index (χ0) is 21.2. The number of rotatable bonds is 6. The van der Waals surface area contributed by atoms with Gasteiger partial charge in [0, 0.05) is 9.49 Å². The van der Waals surface area contributed by atoms with Gasteiger partial charge in [-0.3, -0.25) is 0 Å². The summed E-state index contributed by atoms with van der Waals surface area (Å²) in [5.41, 5.74) is 1.11. The summed E-state index contributed by atoms with van der Waals surface area (Å²) in [5.74, 6) is 0. The molecule has 0 N–H and O–H groups in total. The molecule has 1 aliphatic rings. The minimum atomic E-state index is -2.53. The van der Waals surface area contributed by atoms with E-state index < -0.39 is 8.32 Å². The average molecular weight is 532 g/mol. The van der Waals surface area contributed by atoms with Crippen LogP contribution in [0.15, 0.2) is 83.7 Å². The third-order valence-electron chi connectivity index (χ3n) is 5.93. The molecule has 1 fully saturated rings. The summed E-state index contributed by atoms with van der Waals surface area (Å²) in [5, 5.41) is 2.58. The van der Waals surface area contributed by atoms with Crippen molar-refractivity contribution in [1.29, 1.82) is 0 Å². The largest absolute Gasteiger partial charge is 0.472 e. The van der Waals surface area contributed by atoms with E-state index >= 15 is 0 Å². The molecule has 0 bridgehead atoms. The fourth-order valence-corrected chi connectivity index (χ4v) is 10.3. The highest BCUT2D eigenvalue weighted by molar-refractivity contribution is 14.1. The zero-order valence-corrected chi connectivity index (χ0v) is 20.9. The van der Waals surface area contributed by atoms with Gasteiger partial charge in [0.1, 0.15) is 0 Å². The Labute approximate surface area is 194 Å². The first kappa shape index (κ1) is 21.8. The van der Waals surface area contributed by atoms with Crippen LogP contribution in [0.4, 0.5) is 0 Å². The Morgan fingerprint density at radius 2 is 1.57 bits per heavy atom. The molecule has 1 saturated heterocycles. The average Bonchev–Trinajstić information content (AvgIpc) is 3.39. The van der Waals surface area contributed by atoms with Crippen LogP contribution < -0.4 is 10.4 Å². The van der Waals surface area contributed by atoms with Crippen molar-refractivity contribution < 1.29 is 13.6 Å². The first-order valence-corrected chi connectivity index (χ1v) is 13.6. The molecule has 0 radical (unpaired) electrons. The van der Waals surface area contributed by atoms with Gasteiger partial charge in [-0.25, -0.2) is 0 Å². The molecule has 3 aromatic rings. The van der Waals surface area contributed by atoms with Crippen LogP contribution in [0.1, 0.15) is 38.9 Å². The molecule has 0 unspecified atom stereocenters. The standard InChI is InChI=1S/C25H29IO3Si/c1-25(2,3)30(21-10-6-4-7-11-21,22-12-8-5-9-13-22)28-18-20-16-23(26)24(29-20)19-14-15-27-17-19/h4-15,17,20,23-24H,16,18H2,1-3H3/t20-,23+,24-/m1/s1. The van der Waals surface area contributed by atoms with Crippen molar-refractivity contribution in [2.75, 3.05) is 6.61 Å². The molecule has 0 aliphatic carbocycles. The van der Waals surface area contributed by atoms with Gasteiger partial charge >= 0.3 is 0 Å². The van der Waals surface area contributed by atoms with Crippen molar-refractivity contribution in [3.63, 3.8) is 0 Å². The summed E-state index contributed by atoms with van der Waals surface area (Å²) >= 11 is 2.50. The Balaban J connectivity index is 1.64. The normalized spacial score (nSPS) is 22.3. The molecule has 30 heavy (non-hydrogen) atoms. The highest BCUT2D eigenvalue weighted by Crippen LogP contribution is 2.41. The summed E-state index contributed by atoms with van der Waals surface area (Å²) in [6.07, 6.45) is 4.63. The molecule has 0 spiro atoms. The lowest BCUT2D eigenvalue weighted by Gasteiger charge is -2.43. The maximum absolute atomic E-state index is 7.05. The molecule has 3 nitrogen and oxygen atoms in total. The van der Waals surface area contributed by atoms with Crippen molar-refractivity contribution >= 4 is 41.3 Å². The molecule has 0 amide bonds.